The maximum absolute atomic E-state index is 13.5. The van der Waals surface area contributed by atoms with E-state index in [4.69, 9.17) is 15.6 Å². The number of aliphatic hydroxyl groups is 2. The highest BCUT2D eigenvalue weighted by Crippen LogP contribution is 2.43. The van der Waals surface area contributed by atoms with Crippen LogP contribution in [0.4, 0.5) is 4.79 Å². The van der Waals surface area contributed by atoms with Crippen molar-refractivity contribution in [2.45, 2.75) is 55.8 Å². The van der Waals surface area contributed by atoms with Crippen LogP contribution in [0.3, 0.4) is 0 Å². The zero-order valence-corrected chi connectivity index (χ0v) is 23.0. The molecule has 4 aliphatic rings. The van der Waals surface area contributed by atoms with E-state index in [2.05, 4.69) is 21.3 Å². The molecule has 4 amide bonds. The summed E-state index contributed by atoms with van der Waals surface area (Å²) in [6.45, 7) is 5.48. The van der Waals surface area contributed by atoms with E-state index in [0.29, 0.717) is 5.75 Å². The van der Waals surface area contributed by atoms with Crippen LogP contribution in [0.25, 0.3) is 0 Å². The van der Waals surface area contributed by atoms with Gasteiger partial charge in [-0.1, -0.05) is 32.9 Å². The van der Waals surface area contributed by atoms with Gasteiger partial charge in [0, 0.05) is 19.2 Å². The lowest BCUT2D eigenvalue weighted by Gasteiger charge is -2.51. The Hall–Kier alpha value is -4.11. The van der Waals surface area contributed by atoms with E-state index in [0.717, 1.165) is 10.5 Å². The number of carbonyl (C=O) groups excluding carboxylic acids is 3. The summed E-state index contributed by atoms with van der Waals surface area (Å²) >= 11 is 0. The molecule has 0 aliphatic carbocycles. The zero-order chi connectivity index (χ0) is 29.4. The van der Waals surface area contributed by atoms with Crippen molar-refractivity contribution < 1.29 is 29.3 Å². The number of likely N-dealkylation sites (N-methyl/N-ethyl adjacent to an activating group) is 1. The summed E-state index contributed by atoms with van der Waals surface area (Å²) in [6, 6.07) is 1.48. The predicted molar refractivity (Wildman–Crippen MR) is 142 cm³/mol. The van der Waals surface area contributed by atoms with Gasteiger partial charge in [0.15, 0.2) is 17.6 Å². The van der Waals surface area contributed by atoms with Gasteiger partial charge >= 0.3 is 6.03 Å². The van der Waals surface area contributed by atoms with Gasteiger partial charge in [-0.2, -0.15) is 0 Å². The van der Waals surface area contributed by atoms with Gasteiger partial charge in [-0.05, 0) is 11.5 Å². The van der Waals surface area contributed by atoms with Crippen molar-refractivity contribution in [2.75, 3.05) is 33.8 Å². The lowest BCUT2D eigenvalue weighted by Crippen LogP contribution is -2.81. The Bertz CT molecular complexity index is 1310. The van der Waals surface area contributed by atoms with Gasteiger partial charge in [0.05, 0.1) is 31.3 Å². The van der Waals surface area contributed by atoms with Gasteiger partial charge in [0.1, 0.15) is 18.3 Å². The van der Waals surface area contributed by atoms with Gasteiger partial charge in [-0.3, -0.25) is 25.3 Å². The third kappa shape index (κ3) is 3.83. The third-order valence-corrected chi connectivity index (χ3v) is 8.08. The molecule has 4 atom stereocenters. The van der Waals surface area contributed by atoms with Crippen molar-refractivity contribution in [3.8, 4) is 5.75 Å². The second-order valence-corrected chi connectivity index (χ2v) is 11.6. The van der Waals surface area contributed by atoms with Crippen LogP contribution >= 0.6 is 0 Å². The number of carbonyl (C=O) groups is 3. The Kier molecular flexibility index (Phi) is 6.15. The Morgan fingerprint density at radius 1 is 1.23 bits per heavy atom. The normalized spacial score (nSPS) is 29.1. The van der Waals surface area contributed by atoms with Crippen LogP contribution < -0.4 is 26.0 Å². The fourth-order valence-electron chi connectivity index (χ4n) is 6.14. The first-order chi connectivity index (χ1) is 18.6. The van der Waals surface area contributed by atoms with E-state index in [9.17, 15) is 24.6 Å². The van der Waals surface area contributed by atoms with Gasteiger partial charge in [-0.15, -0.1) is 0 Å². The Labute approximate surface area is 230 Å². The fourth-order valence-corrected chi connectivity index (χ4v) is 6.14. The molecule has 1 spiro atoms. The molecule has 1 aromatic rings. The van der Waals surface area contributed by atoms with E-state index in [1.54, 1.807) is 12.1 Å². The first-order valence-electron chi connectivity index (χ1n) is 12.9. The van der Waals surface area contributed by atoms with Crippen LogP contribution in [0.1, 0.15) is 36.7 Å². The number of imide groups is 1. The first kappa shape index (κ1) is 27.5. The topological polar surface area (TPSA) is 206 Å². The Balaban J connectivity index is 1.46. The number of guanidine groups is 2. The maximum Gasteiger partial charge on any atom is 0.327 e. The summed E-state index contributed by atoms with van der Waals surface area (Å²) in [6.07, 6.45) is 0. The summed E-state index contributed by atoms with van der Waals surface area (Å²) in [5, 5.41) is 51.5. The van der Waals surface area contributed by atoms with Crippen molar-refractivity contribution in [1.29, 1.82) is 10.8 Å². The fraction of sp³-hybridized carbons (Fsp3) is 0.560. The number of rotatable bonds is 5. The predicted octanol–water partition coefficient (Wildman–Crippen LogP) is -1.92. The third-order valence-electron chi connectivity index (χ3n) is 8.08. The molecule has 8 N–H and O–H groups in total. The van der Waals surface area contributed by atoms with E-state index in [1.165, 1.54) is 24.0 Å². The van der Waals surface area contributed by atoms with Crippen molar-refractivity contribution >= 4 is 29.8 Å². The SMILES string of the molecule is COc1c(C(=O)NC2CN3C(=N)N[C@@H](CN4C(=O)CN(C)C4=O)[C@@H]4NC(=N)N[C@@]43C2(O)O)cccc1C(C)(C)C. The average Bonchev–Trinajstić information content (AvgIpc) is 3.43. The number of hydrogen-bond acceptors (Lipinski definition) is 8. The highest BCUT2D eigenvalue weighted by Gasteiger charge is 2.74. The second-order valence-electron chi connectivity index (χ2n) is 11.6. The maximum atomic E-state index is 13.5. The molecule has 4 aliphatic heterocycles. The molecule has 0 radical (unpaired) electrons. The van der Waals surface area contributed by atoms with E-state index < -0.39 is 47.4 Å². The minimum atomic E-state index is -2.71. The molecule has 216 valence electrons. The molecule has 4 saturated heterocycles. The Morgan fingerprint density at radius 3 is 2.52 bits per heavy atom. The average molecular weight is 558 g/mol. The van der Waals surface area contributed by atoms with Crippen LogP contribution in [-0.4, -0.2) is 118 Å². The van der Waals surface area contributed by atoms with Crippen LogP contribution in [0.15, 0.2) is 18.2 Å². The van der Waals surface area contributed by atoms with Gasteiger partial charge in [0.25, 0.3) is 5.91 Å². The number of nitrogens with one attached hydrogen (secondary N) is 6. The van der Waals surface area contributed by atoms with Crippen molar-refractivity contribution in [2.24, 2.45) is 0 Å². The molecule has 40 heavy (non-hydrogen) atoms. The molecule has 15 nitrogen and oxygen atoms in total. The van der Waals surface area contributed by atoms with Crippen molar-refractivity contribution in [3.05, 3.63) is 29.3 Å². The van der Waals surface area contributed by atoms with Crippen LogP contribution in [0, 0.1) is 10.8 Å². The number of methoxy groups -OCH3 is 1. The van der Waals surface area contributed by atoms with Crippen molar-refractivity contribution in [1.82, 2.24) is 36.0 Å². The molecule has 0 aromatic heterocycles. The highest BCUT2D eigenvalue weighted by molar-refractivity contribution is 6.02. The van der Waals surface area contributed by atoms with E-state index >= 15 is 0 Å². The summed E-state index contributed by atoms with van der Waals surface area (Å²) in [5.41, 5.74) is -1.20. The number of ether oxygens (including phenoxy) is 1. The lowest BCUT2D eigenvalue weighted by molar-refractivity contribution is -0.232. The molecule has 1 aromatic carbocycles. The number of benzene rings is 1. The molecule has 15 heteroatoms. The molecule has 1 unspecified atom stereocenters. The number of para-hydroxylation sites is 1. The van der Waals surface area contributed by atoms with Gasteiger partial charge in [-0.25, -0.2) is 4.79 Å². The summed E-state index contributed by atoms with van der Waals surface area (Å²) < 4.78 is 5.58. The Morgan fingerprint density at radius 2 is 1.93 bits per heavy atom. The molecule has 0 saturated carbocycles. The standard InChI is InChI=1S/C25H35N9O6/c1-23(2,3)13-8-6-7-12(17(13)40-5)19(36)29-15-10-34-21(27)28-14(9-33-16(35)11-32(4)22(33)37)18-24(34,25(15,38)39)31-20(26)30-18/h6-8,14-15,18,38-39H,9-11H2,1-5H3,(H2,27,28)(H,29,36)(H3,26,30,31)/t14-,15?,18-,24-/m0/s1. The molecule has 0 bridgehead atoms. The van der Waals surface area contributed by atoms with Crippen LogP contribution in [-0.2, 0) is 10.2 Å². The molecule has 5 rings (SSSR count). The number of nitrogens with zero attached hydrogens (tertiary/aromatic N) is 3. The van der Waals surface area contributed by atoms with E-state index in [-0.39, 0.29) is 42.5 Å². The zero-order valence-electron chi connectivity index (χ0n) is 23.0. The van der Waals surface area contributed by atoms with Crippen LogP contribution in [0.5, 0.6) is 5.75 Å². The lowest BCUT2D eigenvalue weighted by atomic mass is 9.84. The van der Waals surface area contributed by atoms with Gasteiger partial charge in [0.2, 0.25) is 11.7 Å². The second kappa shape index (κ2) is 8.96. The molecular weight excluding hydrogens is 522 g/mol. The first-order valence-corrected chi connectivity index (χ1v) is 12.9. The van der Waals surface area contributed by atoms with E-state index in [1.807, 2.05) is 26.8 Å². The summed E-state index contributed by atoms with van der Waals surface area (Å²) in [7, 11) is 2.96. The quantitative estimate of drug-likeness (QED) is 0.149. The number of hydrogen-bond donors (Lipinski definition) is 8. The minimum absolute atomic E-state index is 0.0929. The minimum Gasteiger partial charge on any atom is -0.496 e. The smallest absolute Gasteiger partial charge is 0.327 e. The molecular formula is C25H35N9O6. The summed E-state index contributed by atoms with van der Waals surface area (Å²) in [4.78, 5) is 42.1. The van der Waals surface area contributed by atoms with Crippen LogP contribution in [0.2, 0.25) is 0 Å². The number of amides is 4. The molecule has 4 fully saturated rings. The molecule has 4 heterocycles. The van der Waals surface area contributed by atoms with Crippen molar-refractivity contribution in [3.63, 3.8) is 0 Å². The largest absolute Gasteiger partial charge is 0.496 e. The monoisotopic (exact) mass is 557 g/mol. The summed E-state index contributed by atoms with van der Waals surface area (Å²) in [5.74, 6) is -3.86. The van der Waals surface area contributed by atoms with Gasteiger partial charge < -0.3 is 46.0 Å². The highest BCUT2D eigenvalue weighted by atomic mass is 16.5. The number of urea groups is 1.